The fourth-order valence-electron chi connectivity index (χ4n) is 2.59. The third-order valence-electron chi connectivity index (χ3n) is 4.14. The van der Waals surface area contributed by atoms with Crippen LogP contribution in [0.5, 0.6) is 5.75 Å². The predicted octanol–water partition coefficient (Wildman–Crippen LogP) is 3.63. The molecule has 29 heavy (non-hydrogen) atoms. The minimum atomic E-state index is -3.67. The molecule has 1 amide bonds. The van der Waals surface area contributed by atoms with E-state index in [1.165, 1.54) is 34.2 Å². The molecule has 2 aromatic rings. The molecule has 0 aliphatic heterocycles. The average molecular weight is 415 g/mol. The molecule has 0 saturated carbocycles. The van der Waals surface area contributed by atoms with Crippen LogP contribution in [-0.4, -0.2) is 38.3 Å². The Balaban J connectivity index is 1.97. The van der Waals surface area contributed by atoms with Crippen molar-refractivity contribution in [3.63, 3.8) is 0 Å². The maximum absolute atomic E-state index is 12.7. The fraction of sp³-hybridized carbons (Fsp3) is 0.227. The van der Waals surface area contributed by atoms with Gasteiger partial charge < -0.3 is 10.1 Å². The Bertz CT molecular complexity index is 926. The number of rotatable bonds is 11. The Labute approximate surface area is 172 Å². The second kappa shape index (κ2) is 10.6. The Morgan fingerprint density at radius 2 is 1.62 bits per heavy atom. The summed E-state index contributed by atoms with van der Waals surface area (Å²) in [5, 5.41) is 2.69. The molecule has 0 aliphatic rings. The van der Waals surface area contributed by atoms with Gasteiger partial charge in [0.1, 0.15) is 5.75 Å². The lowest BCUT2D eigenvalue weighted by Crippen LogP contribution is -2.31. The Morgan fingerprint density at radius 1 is 1.03 bits per heavy atom. The first-order chi connectivity index (χ1) is 13.9. The minimum Gasteiger partial charge on any atom is -0.484 e. The van der Waals surface area contributed by atoms with E-state index in [-0.39, 0.29) is 30.5 Å². The van der Waals surface area contributed by atoms with Gasteiger partial charge in [-0.2, -0.15) is 4.31 Å². The number of nitrogens with one attached hydrogen (secondary N) is 1. The van der Waals surface area contributed by atoms with Gasteiger partial charge in [0.15, 0.2) is 6.61 Å². The summed E-state index contributed by atoms with van der Waals surface area (Å²) < 4.78 is 32.1. The monoisotopic (exact) mass is 414 g/mol. The molecule has 0 saturated heterocycles. The standard InChI is InChI=1S/C22H26N2O4S/c1-4-15-24(16-5-2)29(26,27)21-13-9-19(10-14-21)23-22(25)17-28-20-11-7-18(6-3)8-12-20/h4-5,7-14H,1-2,6,15-17H2,3H3,(H,23,25). The lowest BCUT2D eigenvalue weighted by molar-refractivity contribution is -0.118. The van der Waals surface area contributed by atoms with Crippen molar-refractivity contribution in [2.45, 2.75) is 18.2 Å². The Kier molecular flexibility index (Phi) is 8.18. The number of ether oxygens (including phenoxy) is 1. The van der Waals surface area contributed by atoms with Crippen molar-refractivity contribution in [2.75, 3.05) is 25.0 Å². The Hall–Kier alpha value is -2.90. The first-order valence-corrected chi connectivity index (χ1v) is 10.7. The largest absolute Gasteiger partial charge is 0.484 e. The first-order valence-electron chi connectivity index (χ1n) is 9.24. The molecule has 154 valence electrons. The van der Waals surface area contributed by atoms with Gasteiger partial charge in [0.2, 0.25) is 10.0 Å². The molecular formula is C22H26N2O4S. The quantitative estimate of drug-likeness (QED) is 0.570. The zero-order valence-electron chi connectivity index (χ0n) is 16.5. The van der Waals surface area contributed by atoms with Crippen molar-refractivity contribution in [1.29, 1.82) is 0 Å². The highest BCUT2D eigenvalue weighted by Crippen LogP contribution is 2.19. The van der Waals surface area contributed by atoms with Crippen LogP contribution in [0, 0.1) is 0 Å². The van der Waals surface area contributed by atoms with E-state index in [1.807, 2.05) is 24.3 Å². The van der Waals surface area contributed by atoms with Crippen molar-refractivity contribution < 1.29 is 17.9 Å². The average Bonchev–Trinajstić information content (AvgIpc) is 2.73. The molecule has 1 N–H and O–H groups in total. The van der Waals surface area contributed by atoms with E-state index in [0.29, 0.717) is 11.4 Å². The molecular weight excluding hydrogens is 388 g/mol. The van der Waals surface area contributed by atoms with Gasteiger partial charge in [0.05, 0.1) is 4.90 Å². The van der Waals surface area contributed by atoms with Crippen molar-refractivity contribution in [3.8, 4) is 5.75 Å². The first kappa shape index (κ1) is 22.4. The summed E-state index contributed by atoms with van der Waals surface area (Å²) in [4.78, 5) is 12.2. The highest BCUT2D eigenvalue weighted by Gasteiger charge is 2.22. The number of benzene rings is 2. The summed E-state index contributed by atoms with van der Waals surface area (Å²) >= 11 is 0. The number of hydrogen-bond acceptors (Lipinski definition) is 4. The number of carbonyl (C=O) groups excluding carboxylic acids is 1. The number of nitrogens with zero attached hydrogens (tertiary/aromatic N) is 1. The summed E-state index contributed by atoms with van der Waals surface area (Å²) in [5.41, 5.74) is 1.68. The van der Waals surface area contributed by atoms with Gasteiger partial charge in [-0.15, -0.1) is 13.2 Å². The van der Waals surface area contributed by atoms with Gasteiger partial charge in [-0.05, 0) is 48.4 Å². The van der Waals surface area contributed by atoms with E-state index >= 15 is 0 Å². The van der Waals surface area contributed by atoms with E-state index in [1.54, 1.807) is 12.1 Å². The molecule has 0 aliphatic carbocycles. The topological polar surface area (TPSA) is 75.7 Å². The summed E-state index contributed by atoms with van der Waals surface area (Å²) in [6.45, 7) is 9.46. The van der Waals surface area contributed by atoms with Crippen LogP contribution in [0.2, 0.25) is 0 Å². The summed E-state index contributed by atoms with van der Waals surface area (Å²) in [7, 11) is -3.67. The number of carbonyl (C=O) groups is 1. The lowest BCUT2D eigenvalue weighted by atomic mass is 10.2. The molecule has 0 radical (unpaired) electrons. The number of aryl methyl sites for hydroxylation is 1. The van der Waals surface area contributed by atoms with Gasteiger partial charge >= 0.3 is 0 Å². The predicted molar refractivity (Wildman–Crippen MR) is 116 cm³/mol. The zero-order chi connectivity index (χ0) is 21.3. The minimum absolute atomic E-state index is 0.131. The summed E-state index contributed by atoms with van der Waals surface area (Å²) in [6, 6.07) is 13.5. The number of hydrogen-bond donors (Lipinski definition) is 1. The van der Waals surface area contributed by atoms with E-state index in [2.05, 4.69) is 25.4 Å². The second-order valence-corrected chi connectivity index (χ2v) is 8.20. The molecule has 0 aromatic heterocycles. The number of sulfonamides is 1. The van der Waals surface area contributed by atoms with Gasteiger partial charge in [0.25, 0.3) is 5.91 Å². The van der Waals surface area contributed by atoms with E-state index in [9.17, 15) is 13.2 Å². The lowest BCUT2D eigenvalue weighted by Gasteiger charge is -2.19. The van der Waals surface area contributed by atoms with Crippen LogP contribution in [0.4, 0.5) is 5.69 Å². The van der Waals surface area contributed by atoms with Crippen LogP contribution in [0.1, 0.15) is 12.5 Å². The SMILES string of the molecule is C=CCN(CC=C)S(=O)(=O)c1ccc(NC(=O)COc2ccc(CC)cc2)cc1. The van der Waals surface area contributed by atoms with Crippen LogP contribution >= 0.6 is 0 Å². The number of anilines is 1. The highest BCUT2D eigenvalue weighted by molar-refractivity contribution is 7.89. The number of amides is 1. The third kappa shape index (κ3) is 6.30. The molecule has 0 unspecified atom stereocenters. The molecule has 0 heterocycles. The smallest absolute Gasteiger partial charge is 0.262 e. The van der Waals surface area contributed by atoms with Gasteiger partial charge in [0, 0.05) is 18.8 Å². The van der Waals surface area contributed by atoms with Crippen LogP contribution in [-0.2, 0) is 21.2 Å². The van der Waals surface area contributed by atoms with Crippen molar-refractivity contribution in [3.05, 3.63) is 79.4 Å². The summed E-state index contributed by atoms with van der Waals surface area (Å²) in [6.07, 6.45) is 3.97. The molecule has 0 bridgehead atoms. The van der Waals surface area contributed by atoms with Crippen LogP contribution < -0.4 is 10.1 Å². The van der Waals surface area contributed by atoms with Crippen molar-refractivity contribution in [2.24, 2.45) is 0 Å². The second-order valence-electron chi connectivity index (χ2n) is 6.26. The Morgan fingerprint density at radius 3 is 2.14 bits per heavy atom. The molecule has 0 fully saturated rings. The van der Waals surface area contributed by atoms with Gasteiger partial charge in [-0.1, -0.05) is 31.2 Å². The maximum atomic E-state index is 12.7. The molecule has 2 rings (SSSR count). The molecule has 0 atom stereocenters. The van der Waals surface area contributed by atoms with E-state index < -0.39 is 10.0 Å². The fourth-order valence-corrected chi connectivity index (χ4v) is 3.97. The van der Waals surface area contributed by atoms with Crippen molar-refractivity contribution >= 4 is 21.6 Å². The summed E-state index contributed by atoms with van der Waals surface area (Å²) in [5.74, 6) is 0.281. The van der Waals surface area contributed by atoms with Crippen LogP contribution in [0.3, 0.4) is 0 Å². The third-order valence-corrected chi connectivity index (χ3v) is 5.99. The van der Waals surface area contributed by atoms with Gasteiger partial charge in [-0.25, -0.2) is 8.42 Å². The molecule has 7 heteroatoms. The zero-order valence-corrected chi connectivity index (χ0v) is 17.3. The molecule has 0 spiro atoms. The van der Waals surface area contributed by atoms with Crippen molar-refractivity contribution in [1.82, 2.24) is 4.31 Å². The molecule has 2 aromatic carbocycles. The van der Waals surface area contributed by atoms with E-state index in [0.717, 1.165) is 6.42 Å². The highest BCUT2D eigenvalue weighted by atomic mass is 32.2. The maximum Gasteiger partial charge on any atom is 0.262 e. The normalized spacial score (nSPS) is 11.1. The van der Waals surface area contributed by atoms with Gasteiger partial charge in [-0.3, -0.25) is 4.79 Å². The van der Waals surface area contributed by atoms with Crippen LogP contribution in [0.15, 0.2) is 78.7 Å². The van der Waals surface area contributed by atoms with E-state index in [4.69, 9.17) is 4.74 Å². The molecule has 6 nitrogen and oxygen atoms in total. The van der Waals surface area contributed by atoms with Crippen LogP contribution in [0.25, 0.3) is 0 Å².